The second-order valence-electron chi connectivity index (χ2n) is 8.87. The Morgan fingerprint density at radius 2 is 1.68 bits per heavy atom. The Balaban J connectivity index is 1.43. The fourth-order valence-electron chi connectivity index (χ4n) is 4.45. The highest BCUT2D eigenvalue weighted by Gasteiger charge is 2.20. The predicted octanol–water partition coefficient (Wildman–Crippen LogP) is 4.30. The lowest BCUT2D eigenvalue weighted by atomic mass is 10.0. The summed E-state index contributed by atoms with van der Waals surface area (Å²) in [7, 11) is 0. The van der Waals surface area contributed by atoms with Crippen molar-refractivity contribution in [1.29, 1.82) is 0 Å². The summed E-state index contributed by atoms with van der Waals surface area (Å²) in [6, 6.07) is 14.0. The number of nitrogens with one attached hydrogen (secondary N) is 1. The molecule has 1 saturated heterocycles. The Hall–Kier alpha value is -3.78. The number of fused-ring (bicyclic) bond motifs is 1. The van der Waals surface area contributed by atoms with Gasteiger partial charge in [-0.1, -0.05) is 30.8 Å². The third-order valence-electron chi connectivity index (χ3n) is 6.47. The van der Waals surface area contributed by atoms with Gasteiger partial charge in [-0.25, -0.2) is 9.98 Å². The Morgan fingerprint density at radius 3 is 2.38 bits per heavy atom. The third kappa shape index (κ3) is 4.12. The second-order valence-corrected chi connectivity index (χ2v) is 8.87. The molecule has 0 saturated carbocycles. The number of nitrogen functional groups attached to an aromatic ring is 1. The van der Waals surface area contributed by atoms with Crippen molar-refractivity contribution in [1.82, 2.24) is 20.2 Å². The van der Waals surface area contributed by atoms with Crippen LogP contribution in [0.3, 0.4) is 0 Å². The van der Waals surface area contributed by atoms with E-state index < -0.39 is 5.95 Å². The summed E-state index contributed by atoms with van der Waals surface area (Å²) in [6.07, 6.45) is 1.59. The van der Waals surface area contributed by atoms with Crippen molar-refractivity contribution in [3.8, 4) is 22.5 Å². The molecule has 0 bridgehead atoms. The number of halogens is 1. The van der Waals surface area contributed by atoms with Gasteiger partial charge in [0.2, 0.25) is 5.95 Å². The number of nitrogens with two attached hydrogens (primary N) is 1. The maximum Gasteiger partial charge on any atom is 0.241 e. The normalized spacial score (nSPS) is 16.0. The van der Waals surface area contributed by atoms with Gasteiger partial charge in [-0.3, -0.25) is 4.90 Å². The van der Waals surface area contributed by atoms with E-state index in [9.17, 15) is 4.39 Å². The van der Waals surface area contributed by atoms with Crippen molar-refractivity contribution < 1.29 is 4.39 Å². The van der Waals surface area contributed by atoms with Crippen LogP contribution in [0.1, 0.15) is 19.4 Å². The zero-order chi connectivity index (χ0) is 23.8. The van der Waals surface area contributed by atoms with E-state index in [4.69, 9.17) is 5.73 Å². The maximum absolute atomic E-state index is 14.8. The lowest BCUT2D eigenvalue weighted by Gasteiger charge is -2.38. The van der Waals surface area contributed by atoms with Crippen LogP contribution in [0, 0.1) is 5.95 Å². The van der Waals surface area contributed by atoms with E-state index in [1.54, 1.807) is 6.34 Å². The summed E-state index contributed by atoms with van der Waals surface area (Å²) >= 11 is 0. The van der Waals surface area contributed by atoms with E-state index in [0.29, 0.717) is 17.3 Å². The van der Waals surface area contributed by atoms with Gasteiger partial charge in [-0.15, -0.1) is 0 Å². The first-order valence-corrected chi connectivity index (χ1v) is 11.5. The molecule has 0 unspecified atom stereocenters. The van der Waals surface area contributed by atoms with Crippen molar-refractivity contribution >= 4 is 29.2 Å². The number of rotatable bonds is 4. The fraction of sp³-hybridized carbons (Fsp3) is 0.269. The zero-order valence-electron chi connectivity index (χ0n) is 19.4. The van der Waals surface area contributed by atoms with Crippen LogP contribution in [0.5, 0.6) is 0 Å². The molecule has 0 spiro atoms. The van der Waals surface area contributed by atoms with Crippen LogP contribution >= 0.6 is 0 Å². The molecule has 0 atom stereocenters. The summed E-state index contributed by atoms with van der Waals surface area (Å²) < 4.78 is 14.8. The van der Waals surface area contributed by atoms with E-state index in [2.05, 4.69) is 50.5 Å². The highest BCUT2D eigenvalue weighted by atomic mass is 19.1. The lowest BCUT2D eigenvalue weighted by Crippen LogP contribution is -2.48. The summed E-state index contributed by atoms with van der Waals surface area (Å²) in [4.78, 5) is 17.7. The molecule has 1 fully saturated rings. The van der Waals surface area contributed by atoms with E-state index in [0.717, 1.165) is 54.4 Å². The van der Waals surface area contributed by atoms with Gasteiger partial charge in [0.25, 0.3) is 0 Å². The highest BCUT2D eigenvalue weighted by molar-refractivity contribution is 5.88. The van der Waals surface area contributed by atoms with Crippen molar-refractivity contribution in [2.75, 3.05) is 36.8 Å². The summed E-state index contributed by atoms with van der Waals surface area (Å²) in [5.41, 5.74) is 11.6. The predicted molar refractivity (Wildman–Crippen MR) is 137 cm³/mol. The quantitative estimate of drug-likeness (QED) is 0.608. The molecular weight excluding hydrogens is 429 g/mol. The number of nitrogens with zero attached hydrogens (tertiary/aromatic N) is 5. The van der Waals surface area contributed by atoms with Gasteiger partial charge < -0.3 is 16.0 Å². The van der Waals surface area contributed by atoms with Gasteiger partial charge in [0, 0.05) is 60.3 Å². The zero-order valence-corrected chi connectivity index (χ0v) is 19.4. The number of aromatic nitrogens is 2. The van der Waals surface area contributed by atoms with Gasteiger partial charge in [0.1, 0.15) is 11.4 Å². The molecule has 7 nitrogen and oxygen atoms in total. The molecule has 3 heterocycles. The van der Waals surface area contributed by atoms with E-state index in [1.165, 1.54) is 0 Å². The molecule has 2 aliphatic rings. The minimum atomic E-state index is -0.687. The molecule has 34 heavy (non-hydrogen) atoms. The molecule has 0 aliphatic carbocycles. The molecule has 5 rings (SSSR count). The average molecular weight is 458 g/mol. The van der Waals surface area contributed by atoms with Gasteiger partial charge in [-0.05, 0) is 32.0 Å². The molecule has 1 aromatic heterocycles. The van der Waals surface area contributed by atoms with Gasteiger partial charge in [0.15, 0.2) is 5.82 Å². The number of aliphatic imine (C=N–C) groups is 1. The van der Waals surface area contributed by atoms with Crippen LogP contribution in [0.15, 0.2) is 54.0 Å². The fourth-order valence-corrected chi connectivity index (χ4v) is 4.45. The Morgan fingerprint density at radius 1 is 0.971 bits per heavy atom. The number of anilines is 2. The van der Waals surface area contributed by atoms with Crippen LogP contribution < -0.4 is 16.0 Å². The first kappa shape index (κ1) is 22.0. The van der Waals surface area contributed by atoms with Crippen molar-refractivity contribution in [2.24, 2.45) is 4.99 Å². The summed E-state index contributed by atoms with van der Waals surface area (Å²) in [6.45, 7) is 12.5. The van der Waals surface area contributed by atoms with E-state index in [1.807, 2.05) is 42.5 Å². The highest BCUT2D eigenvalue weighted by Crippen LogP contribution is 2.34. The Labute approximate surface area is 198 Å². The smallest absolute Gasteiger partial charge is 0.241 e. The van der Waals surface area contributed by atoms with Crippen molar-refractivity contribution in [3.63, 3.8) is 0 Å². The third-order valence-corrected chi connectivity index (χ3v) is 6.47. The number of piperazine rings is 1. The van der Waals surface area contributed by atoms with E-state index >= 15 is 0 Å². The number of benzene rings is 2. The van der Waals surface area contributed by atoms with Crippen LogP contribution in [0.2, 0.25) is 0 Å². The Kier molecular flexibility index (Phi) is 5.75. The molecule has 0 amide bonds. The van der Waals surface area contributed by atoms with Gasteiger partial charge in [0.05, 0.1) is 12.0 Å². The molecule has 3 N–H and O–H groups in total. The standard InChI is InChI=1S/C26H28FN7/c1-16(2)33-10-12-34(13-11-33)20-7-4-18(5-8-20)23-25(27)32-26(28)24(31-23)19-6-9-21-17(3)29-15-30-22(21)14-19/h4-9,14-16H,3,10-13H2,1-2H3,(H2,28,32)(H,29,30). The first-order valence-electron chi connectivity index (χ1n) is 11.5. The summed E-state index contributed by atoms with van der Waals surface area (Å²) in [5, 5.41) is 2.99. The molecule has 3 aromatic rings. The number of hydrogen-bond donors (Lipinski definition) is 2. The molecule has 2 aliphatic heterocycles. The molecule has 174 valence electrons. The van der Waals surface area contributed by atoms with Crippen molar-refractivity contribution in [2.45, 2.75) is 19.9 Å². The van der Waals surface area contributed by atoms with Crippen LogP contribution in [0.25, 0.3) is 28.2 Å². The topological polar surface area (TPSA) is 82.7 Å². The maximum atomic E-state index is 14.8. The molecule has 8 heteroatoms. The van der Waals surface area contributed by atoms with E-state index in [-0.39, 0.29) is 11.5 Å². The van der Waals surface area contributed by atoms with Crippen LogP contribution in [-0.2, 0) is 0 Å². The van der Waals surface area contributed by atoms with Gasteiger partial charge in [-0.2, -0.15) is 9.37 Å². The monoisotopic (exact) mass is 457 g/mol. The minimum Gasteiger partial charge on any atom is -0.382 e. The number of hydrogen-bond acceptors (Lipinski definition) is 7. The van der Waals surface area contributed by atoms with Crippen LogP contribution in [0.4, 0.5) is 21.6 Å². The largest absolute Gasteiger partial charge is 0.382 e. The SMILES string of the molecule is C=C1NC=Nc2cc(-c3nc(-c4ccc(N5CCN(C(C)C)CC5)cc4)c(F)nc3N)ccc21. The second kappa shape index (κ2) is 8.87. The van der Waals surface area contributed by atoms with Crippen LogP contribution in [-0.4, -0.2) is 53.4 Å². The van der Waals surface area contributed by atoms with Crippen molar-refractivity contribution in [3.05, 3.63) is 60.6 Å². The minimum absolute atomic E-state index is 0.0394. The first-order chi connectivity index (χ1) is 16.4. The van der Waals surface area contributed by atoms with Gasteiger partial charge >= 0.3 is 0 Å². The molecule has 0 radical (unpaired) electrons. The Bertz CT molecular complexity index is 1260. The average Bonchev–Trinajstić information content (AvgIpc) is 2.84. The lowest BCUT2D eigenvalue weighted by molar-refractivity contribution is 0.209. The molecular formula is C26H28FN7. The summed E-state index contributed by atoms with van der Waals surface area (Å²) in [5.74, 6) is -0.648. The molecule has 2 aromatic carbocycles.